The number of fused-ring (bicyclic) bond motifs is 4. The van der Waals surface area contributed by atoms with Crippen LogP contribution in [0.25, 0.3) is 32.7 Å². The number of nitrogens with one attached hydrogen (secondary N) is 1. The van der Waals surface area contributed by atoms with Gasteiger partial charge in [0.2, 0.25) is 0 Å². The van der Waals surface area contributed by atoms with Crippen LogP contribution in [0.5, 0.6) is 5.75 Å². The van der Waals surface area contributed by atoms with Gasteiger partial charge in [0, 0.05) is 22.7 Å². The van der Waals surface area contributed by atoms with E-state index in [1.165, 1.54) is 6.42 Å². The van der Waals surface area contributed by atoms with Crippen LogP contribution in [0.4, 0.5) is 0 Å². The van der Waals surface area contributed by atoms with E-state index >= 15 is 0 Å². The lowest BCUT2D eigenvalue weighted by Gasteiger charge is -2.62. The van der Waals surface area contributed by atoms with Crippen LogP contribution >= 0.6 is 0 Å². The fourth-order valence-electron chi connectivity index (χ4n) is 7.00. The van der Waals surface area contributed by atoms with Gasteiger partial charge in [-0.25, -0.2) is 0 Å². The first kappa shape index (κ1) is 22.2. The molecule has 1 N–H and O–H groups in total. The third-order valence-corrected chi connectivity index (χ3v) is 9.20. The summed E-state index contributed by atoms with van der Waals surface area (Å²) in [6.45, 7) is 7.12. The standard InChI is InChI=1S/C32H33NO2/c1-19-26-17-22(32(26,2)3)18-27(19)33-31(34)25-15-13-20-9-5-7-11-23(20)29(25)30-24-12-8-6-10-21(24)14-16-28(30)35-4/h5-16,19,22,26-27H,17-18H2,1-4H3,(H,33,34)/t19-,22-,26-,27+/m0/s1. The maximum atomic E-state index is 14.0. The minimum atomic E-state index is 0.0108. The average molecular weight is 464 g/mol. The van der Waals surface area contributed by atoms with Crippen LogP contribution in [0.3, 0.4) is 0 Å². The van der Waals surface area contributed by atoms with Crippen molar-refractivity contribution in [1.82, 2.24) is 5.32 Å². The summed E-state index contributed by atoms with van der Waals surface area (Å²) in [7, 11) is 1.70. The monoisotopic (exact) mass is 463 g/mol. The molecule has 4 atom stereocenters. The van der Waals surface area contributed by atoms with Crippen LogP contribution in [0.15, 0.2) is 72.8 Å². The van der Waals surface area contributed by atoms with Crippen molar-refractivity contribution >= 4 is 27.5 Å². The van der Waals surface area contributed by atoms with E-state index in [2.05, 4.69) is 62.5 Å². The van der Waals surface area contributed by atoms with Crippen molar-refractivity contribution in [3.63, 3.8) is 0 Å². The van der Waals surface area contributed by atoms with Crippen LogP contribution in [-0.4, -0.2) is 19.1 Å². The Morgan fingerprint density at radius 3 is 2.11 bits per heavy atom. The molecule has 35 heavy (non-hydrogen) atoms. The van der Waals surface area contributed by atoms with E-state index in [-0.39, 0.29) is 11.9 Å². The first-order chi connectivity index (χ1) is 16.9. The van der Waals surface area contributed by atoms with Gasteiger partial charge in [0.1, 0.15) is 5.75 Å². The second-order valence-corrected chi connectivity index (χ2v) is 11.1. The molecule has 0 aliphatic heterocycles. The van der Waals surface area contributed by atoms with Crippen molar-refractivity contribution in [3.05, 3.63) is 78.4 Å². The molecule has 0 saturated heterocycles. The van der Waals surface area contributed by atoms with Gasteiger partial charge in [0.25, 0.3) is 5.91 Å². The number of carbonyl (C=O) groups is 1. The predicted molar refractivity (Wildman–Crippen MR) is 144 cm³/mol. The summed E-state index contributed by atoms with van der Waals surface area (Å²) >= 11 is 0. The Balaban J connectivity index is 1.50. The Morgan fingerprint density at radius 1 is 0.857 bits per heavy atom. The fourth-order valence-corrected chi connectivity index (χ4v) is 7.00. The Kier molecular flexibility index (Phi) is 5.14. The molecule has 0 spiro atoms. The van der Waals surface area contributed by atoms with Gasteiger partial charge in [0.15, 0.2) is 0 Å². The smallest absolute Gasteiger partial charge is 0.252 e. The van der Waals surface area contributed by atoms with Crippen molar-refractivity contribution in [3.8, 4) is 16.9 Å². The van der Waals surface area contributed by atoms with Gasteiger partial charge in [-0.3, -0.25) is 4.79 Å². The molecule has 2 bridgehead atoms. The SMILES string of the molecule is COc1ccc2ccccc2c1-c1c(C(=O)N[C@@H]2C[C@@H]3C[C@@H]([C@@H]2C)C3(C)C)ccc2ccccc12. The average Bonchev–Trinajstić information content (AvgIpc) is 2.88. The Morgan fingerprint density at radius 2 is 1.49 bits per heavy atom. The van der Waals surface area contributed by atoms with Crippen molar-refractivity contribution in [1.29, 1.82) is 0 Å². The van der Waals surface area contributed by atoms with Crippen molar-refractivity contribution < 1.29 is 9.53 Å². The first-order valence-corrected chi connectivity index (χ1v) is 12.8. The van der Waals surface area contributed by atoms with Gasteiger partial charge in [-0.2, -0.15) is 0 Å². The fraction of sp³-hybridized carbons (Fsp3) is 0.344. The van der Waals surface area contributed by atoms with Crippen LogP contribution in [0.2, 0.25) is 0 Å². The molecule has 3 aliphatic carbocycles. The number of hydrogen-bond acceptors (Lipinski definition) is 2. The maximum Gasteiger partial charge on any atom is 0.252 e. The molecule has 3 nitrogen and oxygen atoms in total. The van der Waals surface area contributed by atoms with E-state index in [9.17, 15) is 4.79 Å². The highest BCUT2D eigenvalue weighted by atomic mass is 16.5. The maximum absolute atomic E-state index is 14.0. The third kappa shape index (κ3) is 3.36. The summed E-state index contributed by atoms with van der Waals surface area (Å²) in [6, 6.07) is 25.0. The Bertz CT molecular complexity index is 1450. The molecule has 3 aliphatic rings. The predicted octanol–water partition coefficient (Wildman–Crippen LogP) is 7.47. The van der Waals surface area contributed by atoms with Gasteiger partial charge < -0.3 is 10.1 Å². The van der Waals surface area contributed by atoms with Gasteiger partial charge in [0.05, 0.1) is 7.11 Å². The molecule has 0 radical (unpaired) electrons. The zero-order valence-corrected chi connectivity index (χ0v) is 21.0. The van der Waals surface area contributed by atoms with Crippen LogP contribution in [0, 0.1) is 23.2 Å². The highest BCUT2D eigenvalue weighted by molar-refractivity contribution is 6.15. The third-order valence-electron chi connectivity index (χ3n) is 9.20. The van der Waals surface area contributed by atoms with E-state index in [4.69, 9.17) is 4.74 Å². The van der Waals surface area contributed by atoms with Crippen molar-refractivity contribution in [2.24, 2.45) is 23.2 Å². The number of benzene rings is 4. The normalized spacial score (nSPS) is 24.7. The summed E-state index contributed by atoms with van der Waals surface area (Å²) in [4.78, 5) is 14.0. The largest absolute Gasteiger partial charge is 0.496 e. The summed E-state index contributed by atoms with van der Waals surface area (Å²) in [5, 5.41) is 7.86. The van der Waals surface area contributed by atoms with Gasteiger partial charge in [-0.05, 0) is 69.7 Å². The lowest BCUT2D eigenvalue weighted by Crippen LogP contribution is -2.60. The molecule has 0 aromatic heterocycles. The topological polar surface area (TPSA) is 38.3 Å². The van der Waals surface area contributed by atoms with E-state index in [0.29, 0.717) is 28.7 Å². The number of ether oxygens (including phenoxy) is 1. The number of amides is 1. The molecule has 4 aromatic carbocycles. The second-order valence-electron chi connectivity index (χ2n) is 11.1. The minimum Gasteiger partial charge on any atom is -0.496 e. The Labute approximate surface area is 207 Å². The molecule has 4 aromatic rings. The quantitative estimate of drug-likeness (QED) is 0.341. The van der Waals surface area contributed by atoms with Gasteiger partial charge in [-0.1, -0.05) is 81.4 Å². The van der Waals surface area contributed by atoms with E-state index in [1.54, 1.807) is 7.11 Å². The molecule has 3 saturated carbocycles. The molecular weight excluding hydrogens is 430 g/mol. The minimum absolute atomic E-state index is 0.0108. The van der Waals surface area contributed by atoms with Crippen LogP contribution < -0.4 is 10.1 Å². The first-order valence-electron chi connectivity index (χ1n) is 12.8. The molecule has 0 heterocycles. The van der Waals surface area contributed by atoms with E-state index in [1.807, 2.05) is 36.4 Å². The molecular formula is C32H33NO2. The summed E-state index contributed by atoms with van der Waals surface area (Å²) in [5.74, 6) is 2.65. The lowest BCUT2D eigenvalue weighted by molar-refractivity contribution is -0.113. The highest BCUT2D eigenvalue weighted by Gasteiger charge is 2.56. The van der Waals surface area contributed by atoms with Crippen LogP contribution in [0.1, 0.15) is 44.0 Å². The van der Waals surface area contributed by atoms with Crippen molar-refractivity contribution in [2.45, 2.75) is 39.7 Å². The summed E-state index contributed by atoms with van der Waals surface area (Å²) in [6.07, 6.45) is 2.37. The Hall–Kier alpha value is -3.33. The summed E-state index contributed by atoms with van der Waals surface area (Å²) in [5.41, 5.74) is 3.03. The number of methoxy groups -OCH3 is 1. The molecule has 3 fully saturated rings. The number of rotatable bonds is 4. The lowest BCUT2D eigenvalue weighted by atomic mass is 9.45. The molecule has 3 heteroatoms. The number of carbonyl (C=O) groups excluding carboxylic acids is 1. The van der Waals surface area contributed by atoms with Crippen molar-refractivity contribution in [2.75, 3.05) is 7.11 Å². The molecule has 7 rings (SSSR count). The summed E-state index contributed by atoms with van der Waals surface area (Å²) < 4.78 is 5.87. The highest BCUT2D eigenvalue weighted by Crippen LogP contribution is 2.61. The van der Waals surface area contributed by atoms with Gasteiger partial charge >= 0.3 is 0 Å². The van der Waals surface area contributed by atoms with Gasteiger partial charge in [-0.15, -0.1) is 0 Å². The zero-order chi connectivity index (χ0) is 24.3. The number of hydrogen-bond donors (Lipinski definition) is 1. The molecule has 1 amide bonds. The second kappa shape index (κ2) is 8.12. The molecule has 178 valence electrons. The zero-order valence-electron chi connectivity index (χ0n) is 21.0. The van der Waals surface area contributed by atoms with E-state index < -0.39 is 0 Å². The van der Waals surface area contributed by atoms with Crippen LogP contribution in [-0.2, 0) is 0 Å². The molecule has 0 unspecified atom stereocenters. The van der Waals surface area contributed by atoms with E-state index in [0.717, 1.165) is 44.8 Å².